The third-order valence-corrected chi connectivity index (χ3v) is 4.90. The van der Waals surface area contributed by atoms with E-state index in [1.165, 1.54) is 17.0 Å². The predicted octanol–water partition coefficient (Wildman–Crippen LogP) is 2.86. The molecule has 2 aromatic rings. The van der Waals surface area contributed by atoms with Gasteiger partial charge in [-0.2, -0.15) is 0 Å². The highest BCUT2D eigenvalue weighted by Gasteiger charge is 2.25. The second kappa shape index (κ2) is 11.1. The average molecular weight is 444 g/mol. The van der Waals surface area contributed by atoms with Crippen molar-refractivity contribution >= 4 is 18.0 Å². The first-order valence-corrected chi connectivity index (χ1v) is 10.3. The molecule has 9 heteroatoms. The Morgan fingerprint density at radius 2 is 1.56 bits per heavy atom. The number of piperazine rings is 1. The Hall–Kier alpha value is -3.62. The minimum absolute atomic E-state index is 0.147. The molecule has 170 valence electrons. The van der Waals surface area contributed by atoms with E-state index in [1.54, 1.807) is 48.2 Å². The Kier molecular flexibility index (Phi) is 8.02. The quantitative estimate of drug-likeness (QED) is 0.611. The molecule has 0 radical (unpaired) electrons. The van der Waals surface area contributed by atoms with E-state index in [0.717, 1.165) is 5.56 Å². The van der Waals surface area contributed by atoms with Crippen LogP contribution in [0.25, 0.3) is 0 Å². The molecule has 2 aromatic carbocycles. The zero-order chi connectivity index (χ0) is 22.9. The minimum Gasteiger partial charge on any atom is -0.488 e. The molecule has 8 nitrogen and oxygen atoms in total. The summed E-state index contributed by atoms with van der Waals surface area (Å²) in [5, 5.41) is 0. The van der Waals surface area contributed by atoms with Crippen molar-refractivity contribution in [3.05, 3.63) is 65.5 Å². The van der Waals surface area contributed by atoms with E-state index >= 15 is 0 Å². The summed E-state index contributed by atoms with van der Waals surface area (Å²) in [4.78, 5) is 39.8. The number of carbonyl (C=O) groups is 3. The van der Waals surface area contributed by atoms with Crippen molar-refractivity contribution in [1.82, 2.24) is 9.80 Å². The highest BCUT2D eigenvalue weighted by Crippen LogP contribution is 2.20. The van der Waals surface area contributed by atoms with Crippen LogP contribution in [-0.4, -0.2) is 67.2 Å². The number of hydrogen-bond donors (Lipinski definition) is 0. The van der Waals surface area contributed by atoms with Crippen LogP contribution >= 0.6 is 0 Å². The zero-order valence-corrected chi connectivity index (χ0v) is 17.8. The fourth-order valence-corrected chi connectivity index (χ4v) is 3.15. The number of benzene rings is 2. The van der Waals surface area contributed by atoms with Gasteiger partial charge in [0.15, 0.2) is 6.61 Å². The number of carbonyl (C=O) groups excluding carboxylic acids is 3. The standard InChI is InChI=1S/C23H25FN2O6/c1-2-30-23(29)26-13-11-25(12-14-26)21(27)16-32-22(28)19-5-3-4-6-20(19)31-15-17-7-9-18(24)10-8-17/h3-10H,2,11-16H2,1H3. The Morgan fingerprint density at radius 1 is 0.906 bits per heavy atom. The molecule has 1 aliphatic heterocycles. The molecule has 0 bridgehead atoms. The van der Waals surface area contributed by atoms with Gasteiger partial charge in [-0.15, -0.1) is 0 Å². The van der Waals surface area contributed by atoms with E-state index in [9.17, 15) is 18.8 Å². The number of nitrogens with zero attached hydrogens (tertiary/aromatic N) is 2. The molecule has 0 atom stereocenters. The molecule has 1 fully saturated rings. The molecule has 0 unspecified atom stereocenters. The van der Waals surface area contributed by atoms with Crippen molar-refractivity contribution in [3.8, 4) is 5.75 Å². The van der Waals surface area contributed by atoms with Crippen LogP contribution in [-0.2, 0) is 20.9 Å². The second-order valence-electron chi connectivity index (χ2n) is 7.05. The largest absolute Gasteiger partial charge is 0.488 e. The summed E-state index contributed by atoms with van der Waals surface area (Å²) in [6.45, 7) is 3.16. The number of para-hydroxylation sites is 1. The summed E-state index contributed by atoms with van der Waals surface area (Å²) in [5.41, 5.74) is 0.932. The number of halogens is 1. The van der Waals surface area contributed by atoms with Crippen molar-refractivity contribution in [1.29, 1.82) is 0 Å². The highest BCUT2D eigenvalue weighted by atomic mass is 19.1. The smallest absolute Gasteiger partial charge is 0.409 e. The van der Waals surface area contributed by atoms with Crippen LogP contribution < -0.4 is 4.74 Å². The van der Waals surface area contributed by atoms with E-state index in [2.05, 4.69) is 0 Å². The van der Waals surface area contributed by atoms with E-state index < -0.39 is 18.7 Å². The number of rotatable bonds is 7. The van der Waals surface area contributed by atoms with Crippen molar-refractivity contribution < 1.29 is 33.0 Å². The van der Waals surface area contributed by atoms with E-state index in [0.29, 0.717) is 38.5 Å². The lowest BCUT2D eigenvalue weighted by molar-refractivity contribution is -0.136. The summed E-state index contributed by atoms with van der Waals surface area (Å²) in [6, 6.07) is 12.4. The molecule has 0 aromatic heterocycles. The molecule has 32 heavy (non-hydrogen) atoms. The fourth-order valence-electron chi connectivity index (χ4n) is 3.15. The van der Waals surface area contributed by atoms with Crippen LogP contribution in [0.4, 0.5) is 9.18 Å². The van der Waals surface area contributed by atoms with Gasteiger partial charge in [0.2, 0.25) is 0 Å². The SMILES string of the molecule is CCOC(=O)N1CCN(C(=O)COC(=O)c2ccccc2OCc2ccc(F)cc2)CC1. The van der Waals surface area contributed by atoms with Crippen LogP contribution in [0.5, 0.6) is 5.75 Å². The highest BCUT2D eigenvalue weighted by molar-refractivity contribution is 5.94. The fraction of sp³-hybridized carbons (Fsp3) is 0.348. The summed E-state index contributed by atoms with van der Waals surface area (Å²) in [5.74, 6) is -1.06. The van der Waals surface area contributed by atoms with Gasteiger partial charge in [-0.25, -0.2) is 14.0 Å². The summed E-state index contributed by atoms with van der Waals surface area (Å²) >= 11 is 0. The Bertz CT molecular complexity index is 942. The summed E-state index contributed by atoms with van der Waals surface area (Å²) in [7, 11) is 0. The predicted molar refractivity (Wildman–Crippen MR) is 113 cm³/mol. The van der Waals surface area contributed by atoms with Gasteiger partial charge in [0.1, 0.15) is 23.7 Å². The molecule has 0 N–H and O–H groups in total. The van der Waals surface area contributed by atoms with Crippen LogP contribution in [0.2, 0.25) is 0 Å². The van der Waals surface area contributed by atoms with Gasteiger partial charge in [-0.05, 0) is 36.8 Å². The number of ether oxygens (including phenoxy) is 3. The van der Waals surface area contributed by atoms with Gasteiger partial charge in [-0.3, -0.25) is 4.79 Å². The Morgan fingerprint density at radius 3 is 2.25 bits per heavy atom. The number of esters is 1. The van der Waals surface area contributed by atoms with Crippen molar-refractivity contribution in [3.63, 3.8) is 0 Å². The lowest BCUT2D eigenvalue weighted by Gasteiger charge is -2.33. The first kappa shape index (κ1) is 23.1. The number of amides is 2. The molecular weight excluding hydrogens is 419 g/mol. The molecule has 0 aliphatic carbocycles. The third kappa shape index (κ3) is 6.19. The lowest BCUT2D eigenvalue weighted by Crippen LogP contribution is -2.51. The molecule has 0 spiro atoms. The maximum absolute atomic E-state index is 13.0. The second-order valence-corrected chi connectivity index (χ2v) is 7.05. The third-order valence-electron chi connectivity index (χ3n) is 4.90. The Labute approximate surface area is 185 Å². The minimum atomic E-state index is -0.682. The molecule has 0 saturated carbocycles. The van der Waals surface area contributed by atoms with Crippen molar-refractivity contribution in [2.24, 2.45) is 0 Å². The average Bonchev–Trinajstić information content (AvgIpc) is 2.82. The molecular formula is C23H25FN2O6. The first-order chi connectivity index (χ1) is 15.5. The summed E-state index contributed by atoms with van der Waals surface area (Å²) < 4.78 is 28.9. The maximum Gasteiger partial charge on any atom is 0.409 e. The van der Waals surface area contributed by atoms with Crippen LogP contribution in [0.3, 0.4) is 0 Å². The Balaban J connectivity index is 1.50. The zero-order valence-electron chi connectivity index (χ0n) is 17.8. The van der Waals surface area contributed by atoms with E-state index in [-0.39, 0.29) is 23.9 Å². The van der Waals surface area contributed by atoms with Crippen LogP contribution in [0, 0.1) is 5.82 Å². The molecule has 1 aliphatic rings. The normalized spacial score (nSPS) is 13.4. The van der Waals surface area contributed by atoms with Gasteiger partial charge in [0.25, 0.3) is 5.91 Å². The van der Waals surface area contributed by atoms with E-state index in [1.807, 2.05) is 0 Å². The topological polar surface area (TPSA) is 85.4 Å². The lowest BCUT2D eigenvalue weighted by atomic mass is 10.2. The van der Waals surface area contributed by atoms with E-state index in [4.69, 9.17) is 14.2 Å². The maximum atomic E-state index is 13.0. The molecule has 3 rings (SSSR count). The molecule has 2 amide bonds. The van der Waals surface area contributed by atoms with Gasteiger partial charge < -0.3 is 24.0 Å². The summed E-state index contributed by atoms with van der Waals surface area (Å²) in [6.07, 6.45) is -0.400. The van der Waals surface area contributed by atoms with Crippen molar-refractivity contribution in [2.45, 2.75) is 13.5 Å². The van der Waals surface area contributed by atoms with Crippen LogP contribution in [0.15, 0.2) is 48.5 Å². The molecule has 1 saturated heterocycles. The molecule has 1 heterocycles. The van der Waals surface area contributed by atoms with Gasteiger partial charge in [0.05, 0.1) is 6.61 Å². The number of hydrogen-bond acceptors (Lipinski definition) is 6. The van der Waals surface area contributed by atoms with Gasteiger partial charge >= 0.3 is 12.1 Å². The van der Waals surface area contributed by atoms with Crippen LogP contribution in [0.1, 0.15) is 22.8 Å². The van der Waals surface area contributed by atoms with Gasteiger partial charge in [-0.1, -0.05) is 24.3 Å². The van der Waals surface area contributed by atoms with Gasteiger partial charge in [0, 0.05) is 26.2 Å². The first-order valence-electron chi connectivity index (χ1n) is 10.3. The monoisotopic (exact) mass is 444 g/mol. The van der Waals surface area contributed by atoms with Crippen molar-refractivity contribution in [2.75, 3.05) is 39.4 Å².